The van der Waals surface area contributed by atoms with Crippen LogP contribution in [-0.2, 0) is 22.7 Å². The molecule has 1 aliphatic rings. The van der Waals surface area contributed by atoms with E-state index in [0.29, 0.717) is 25.4 Å². The van der Waals surface area contributed by atoms with Gasteiger partial charge in [-0.1, -0.05) is 12.1 Å². The minimum Gasteiger partial charge on any atom is -0.467 e. The number of rotatable bonds is 6. The summed E-state index contributed by atoms with van der Waals surface area (Å²) in [5.74, 6) is 0.0530. The van der Waals surface area contributed by atoms with Gasteiger partial charge in [0.15, 0.2) is 0 Å². The lowest BCUT2D eigenvalue weighted by Crippen LogP contribution is -2.42. The second-order valence-electron chi connectivity index (χ2n) is 7.02. The van der Waals surface area contributed by atoms with Crippen LogP contribution < -0.4 is 5.32 Å². The van der Waals surface area contributed by atoms with Gasteiger partial charge in [0, 0.05) is 37.8 Å². The number of fused-ring (bicyclic) bond motifs is 1. The van der Waals surface area contributed by atoms with E-state index in [-0.39, 0.29) is 36.5 Å². The number of hydrogen-bond donors (Lipinski definition) is 1. The average molecular weight is 395 g/mol. The highest BCUT2D eigenvalue weighted by molar-refractivity contribution is 5.84. The first-order valence-electron chi connectivity index (χ1n) is 9.61. The van der Waals surface area contributed by atoms with Gasteiger partial charge in [-0.05, 0) is 42.0 Å². The number of hydrogen-bond acceptors (Lipinski definition) is 3. The number of furan rings is 1. The Morgan fingerprint density at radius 2 is 1.90 bits per heavy atom. The van der Waals surface area contributed by atoms with Gasteiger partial charge in [-0.2, -0.15) is 0 Å². The average Bonchev–Trinajstić information content (AvgIpc) is 3.42. The van der Waals surface area contributed by atoms with Crippen molar-refractivity contribution in [3.63, 3.8) is 0 Å². The van der Waals surface area contributed by atoms with E-state index >= 15 is 0 Å². The molecule has 0 aliphatic carbocycles. The molecule has 3 aromatic rings. The zero-order valence-corrected chi connectivity index (χ0v) is 15.9. The molecule has 2 aromatic heterocycles. The molecular formula is C22H22FN3O3. The fourth-order valence-electron chi connectivity index (χ4n) is 3.70. The summed E-state index contributed by atoms with van der Waals surface area (Å²) in [6.45, 7) is 1.53. The topological polar surface area (TPSA) is 67.5 Å². The minimum absolute atomic E-state index is 0.0973. The Bertz CT molecular complexity index is 979. The van der Waals surface area contributed by atoms with Gasteiger partial charge in [-0.3, -0.25) is 9.59 Å². The molecule has 1 atom stereocenters. The van der Waals surface area contributed by atoms with Crippen LogP contribution in [-0.4, -0.2) is 27.8 Å². The molecule has 7 heteroatoms. The Morgan fingerprint density at radius 1 is 1.07 bits per heavy atom. The van der Waals surface area contributed by atoms with Gasteiger partial charge in [-0.25, -0.2) is 4.39 Å². The monoisotopic (exact) mass is 395 g/mol. The third kappa shape index (κ3) is 4.23. The highest BCUT2D eigenvalue weighted by Crippen LogP contribution is 2.33. The Morgan fingerprint density at radius 3 is 2.66 bits per heavy atom. The molecule has 0 unspecified atom stereocenters. The summed E-state index contributed by atoms with van der Waals surface area (Å²) in [5, 5.41) is 2.75. The van der Waals surface area contributed by atoms with Gasteiger partial charge in [0.1, 0.15) is 11.6 Å². The highest BCUT2D eigenvalue weighted by Gasteiger charge is 2.32. The highest BCUT2D eigenvalue weighted by atomic mass is 19.1. The molecule has 29 heavy (non-hydrogen) atoms. The summed E-state index contributed by atoms with van der Waals surface area (Å²) in [6.07, 6.45) is 3.75. The molecular weight excluding hydrogens is 373 g/mol. The maximum Gasteiger partial charge on any atom is 0.223 e. The molecule has 1 aromatic carbocycles. The summed E-state index contributed by atoms with van der Waals surface area (Å²) in [4.78, 5) is 26.8. The van der Waals surface area contributed by atoms with E-state index in [1.165, 1.54) is 12.1 Å². The summed E-state index contributed by atoms with van der Waals surface area (Å²) in [6, 6.07) is 13.4. The van der Waals surface area contributed by atoms with E-state index in [4.69, 9.17) is 4.42 Å². The molecule has 0 radical (unpaired) electrons. The van der Waals surface area contributed by atoms with Crippen LogP contribution in [0.2, 0.25) is 0 Å². The summed E-state index contributed by atoms with van der Waals surface area (Å²) >= 11 is 0. The van der Waals surface area contributed by atoms with Gasteiger partial charge < -0.3 is 19.2 Å². The Balaban J connectivity index is 1.43. The zero-order valence-electron chi connectivity index (χ0n) is 15.9. The lowest BCUT2D eigenvalue weighted by atomic mass is 9.99. The molecule has 0 bridgehead atoms. The van der Waals surface area contributed by atoms with Crippen molar-refractivity contribution in [1.29, 1.82) is 0 Å². The van der Waals surface area contributed by atoms with Crippen LogP contribution in [0.25, 0.3) is 0 Å². The first-order valence-corrected chi connectivity index (χ1v) is 9.61. The molecule has 3 heterocycles. The van der Waals surface area contributed by atoms with Gasteiger partial charge in [0.25, 0.3) is 0 Å². The second-order valence-corrected chi connectivity index (χ2v) is 7.02. The van der Waals surface area contributed by atoms with Crippen LogP contribution in [0.3, 0.4) is 0 Å². The fraction of sp³-hybridized carbons (Fsp3) is 0.273. The largest absolute Gasteiger partial charge is 0.467 e. The number of aromatic nitrogens is 1. The third-order valence-corrected chi connectivity index (χ3v) is 5.15. The molecule has 1 aliphatic heterocycles. The molecule has 0 saturated heterocycles. The summed E-state index contributed by atoms with van der Waals surface area (Å²) < 4.78 is 20.7. The Hall–Kier alpha value is -3.35. The van der Waals surface area contributed by atoms with Crippen molar-refractivity contribution in [2.75, 3.05) is 6.54 Å². The lowest BCUT2D eigenvalue weighted by Gasteiger charge is -2.37. The molecule has 4 rings (SSSR count). The number of benzene rings is 1. The Labute approximate surface area is 167 Å². The number of nitrogens with one attached hydrogen (secondary N) is 1. The Kier molecular flexibility index (Phi) is 5.46. The van der Waals surface area contributed by atoms with Crippen molar-refractivity contribution in [1.82, 2.24) is 14.8 Å². The molecule has 6 nitrogen and oxygen atoms in total. The second kappa shape index (κ2) is 8.34. The van der Waals surface area contributed by atoms with Gasteiger partial charge in [0.05, 0.1) is 18.8 Å². The van der Waals surface area contributed by atoms with Crippen molar-refractivity contribution >= 4 is 11.8 Å². The molecule has 0 saturated carbocycles. The van der Waals surface area contributed by atoms with Crippen molar-refractivity contribution < 1.29 is 18.4 Å². The van der Waals surface area contributed by atoms with E-state index in [9.17, 15) is 14.0 Å². The molecule has 150 valence electrons. The number of halogens is 1. The number of carbonyl (C=O) groups is 2. The third-order valence-electron chi connectivity index (χ3n) is 5.15. The smallest absolute Gasteiger partial charge is 0.223 e. The van der Waals surface area contributed by atoms with Gasteiger partial charge >= 0.3 is 0 Å². The maximum absolute atomic E-state index is 13.4. The minimum atomic E-state index is -0.314. The van der Waals surface area contributed by atoms with E-state index in [1.54, 1.807) is 35.4 Å². The fourth-order valence-corrected chi connectivity index (χ4v) is 3.70. The summed E-state index contributed by atoms with van der Waals surface area (Å²) in [5.41, 5.74) is 1.83. The van der Waals surface area contributed by atoms with Crippen molar-refractivity contribution in [3.05, 3.63) is 83.8 Å². The van der Waals surface area contributed by atoms with E-state index in [0.717, 1.165) is 11.3 Å². The van der Waals surface area contributed by atoms with E-state index in [1.807, 2.05) is 18.3 Å². The van der Waals surface area contributed by atoms with Crippen LogP contribution in [0.4, 0.5) is 4.39 Å². The predicted octanol–water partition coefficient (Wildman–Crippen LogP) is 3.25. The van der Waals surface area contributed by atoms with Crippen LogP contribution in [0.5, 0.6) is 0 Å². The normalized spacial score (nSPS) is 15.8. The standard InChI is InChI=1S/C22H22FN3O3/c23-17-7-5-16(6-8-17)22-19-4-1-11-25(19)12-13-26(22)21(28)10-9-20(27)24-15-18-3-2-14-29-18/h1-8,11,14,22H,9-10,12-13,15H2,(H,24,27)/t22-/m1/s1. The van der Waals surface area contributed by atoms with Crippen LogP contribution >= 0.6 is 0 Å². The van der Waals surface area contributed by atoms with E-state index in [2.05, 4.69) is 9.88 Å². The molecule has 0 spiro atoms. The zero-order chi connectivity index (χ0) is 20.2. The van der Waals surface area contributed by atoms with Crippen molar-refractivity contribution in [2.45, 2.75) is 32.0 Å². The van der Waals surface area contributed by atoms with Crippen molar-refractivity contribution in [3.8, 4) is 0 Å². The van der Waals surface area contributed by atoms with Crippen LogP contribution in [0.15, 0.2) is 65.4 Å². The molecule has 0 fully saturated rings. The maximum atomic E-state index is 13.4. The molecule has 2 amide bonds. The first-order chi connectivity index (χ1) is 14.1. The SMILES string of the molecule is O=C(CCC(=O)N1CCn2cccc2[C@H]1c1ccc(F)cc1)NCc1ccco1. The lowest BCUT2D eigenvalue weighted by molar-refractivity contribution is -0.136. The van der Waals surface area contributed by atoms with Crippen molar-refractivity contribution in [2.24, 2.45) is 0 Å². The van der Waals surface area contributed by atoms with Gasteiger partial charge in [0.2, 0.25) is 11.8 Å². The first kappa shape index (κ1) is 19.0. The number of carbonyl (C=O) groups excluding carboxylic acids is 2. The number of amides is 2. The van der Waals surface area contributed by atoms with E-state index < -0.39 is 0 Å². The van der Waals surface area contributed by atoms with Crippen LogP contribution in [0, 0.1) is 5.82 Å². The number of nitrogens with zero attached hydrogens (tertiary/aromatic N) is 2. The molecule has 1 N–H and O–H groups in total. The summed E-state index contributed by atoms with van der Waals surface area (Å²) in [7, 11) is 0. The van der Waals surface area contributed by atoms with Gasteiger partial charge in [-0.15, -0.1) is 0 Å². The van der Waals surface area contributed by atoms with Crippen LogP contribution in [0.1, 0.15) is 35.9 Å². The predicted molar refractivity (Wildman–Crippen MR) is 104 cm³/mol. The quantitative estimate of drug-likeness (QED) is 0.697.